The summed E-state index contributed by atoms with van der Waals surface area (Å²) in [5.41, 5.74) is 0.495. The van der Waals surface area contributed by atoms with Gasteiger partial charge in [-0.2, -0.15) is 4.31 Å². The van der Waals surface area contributed by atoms with Gasteiger partial charge in [0.15, 0.2) is 0 Å². The zero-order valence-corrected chi connectivity index (χ0v) is 19.3. The van der Waals surface area contributed by atoms with Gasteiger partial charge in [0.25, 0.3) is 0 Å². The Morgan fingerprint density at radius 2 is 2.03 bits per heavy atom. The highest BCUT2D eigenvalue weighted by molar-refractivity contribution is 8.77. The number of ether oxygens (including phenoxy) is 1. The molecule has 2 heterocycles. The molecule has 1 amide bonds. The van der Waals surface area contributed by atoms with E-state index in [1.54, 1.807) is 12.1 Å². The third-order valence-electron chi connectivity index (χ3n) is 5.29. The molecule has 0 spiro atoms. The van der Waals surface area contributed by atoms with Crippen LogP contribution in [-0.2, 0) is 14.8 Å². The highest BCUT2D eigenvalue weighted by Gasteiger charge is 2.29. The molecule has 0 bridgehead atoms. The van der Waals surface area contributed by atoms with E-state index in [1.807, 2.05) is 21.6 Å². The van der Waals surface area contributed by atoms with E-state index in [4.69, 9.17) is 4.74 Å². The van der Waals surface area contributed by atoms with Crippen LogP contribution in [0.2, 0.25) is 0 Å². The molecule has 0 aliphatic carbocycles. The van der Waals surface area contributed by atoms with E-state index in [9.17, 15) is 13.2 Å². The topological polar surface area (TPSA) is 75.7 Å². The van der Waals surface area contributed by atoms with Crippen molar-refractivity contribution in [2.45, 2.75) is 61.5 Å². The number of rotatable bonds is 9. The number of hydrogen-bond donors (Lipinski definition) is 1. The molecule has 9 heteroatoms. The normalized spacial score (nSPS) is 20.5. The van der Waals surface area contributed by atoms with Gasteiger partial charge in [-0.1, -0.05) is 34.4 Å². The predicted molar refractivity (Wildman–Crippen MR) is 121 cm³/mol. The molecule has 1 unspecified atom stereocenters. The summed E-state index contributed by atoms with van der Waals surface area (Å²) in [4.78, 5) is 12.4. The molecule has 29 heavy (non-hydrogen) atoms. The van der Waals surface area contributed by atoms with E-state index in [-0.39, 0.29) is 10.8 Å². The summed E-state index contributed by atoms with van der Waals surface area (Å²) in [7, 11) is 1.73. The molecule has 1 N–H and O–H groups in total. The minimum absolute atomic E-state index is 0.0788. The van der Waals surface area contributed by atoms with E-state index in [0.29, 0.717) is 30.9 Å². The van der Waals surface area contributed by atoms with Crippen molar-refractivity contribution in [3.8, 4) is 5.75 Å². The quantitative estimate of drug-likeness (QED) is 0.433. The molecule has 2 aliphatic rings. The number of unbranched alkanes of at least 4 members (excludes halogenated alkanes) is 1. The van der Waals surface area contributed by atoms with Gasteiger partial charge in [0.05, 0.1) is 7.11 Å². The van der Waals surface area contributed by atoms with Crippen molar-refractivity contribution >= 4 is 43.2 Å². The van der Waals surface area contributed by atoms with E-state index < -0.39 is 10.0 Å². The maximum absolute atomic E-state index is 13.1. The Bertz CT molecular complexity index is 789. The number of piperidine rings is 1. The Balaban J connectivity index is 1.59. The first-order valence-electron chi connectivity index (χ1n) is 10.3. The SMILES string of the molecule is COc1ccc(NC(=O)CCCCC2CCSS2)cc1S(=O)(=O)N1CCCCC1. The molecule has 0 radical (unpaired) electrons. The van der Waals surface area contributed by atoms with Gasteiger partial charge in [0, 0.05) is 36.2 Å². The number of carbonyl (C=O) groups is 1. The number of benzene rings is 1. The van der Waals surface area contributed by atoms with Crippen LogP contribution in [0.25, 0.3) is 0 Å². The molecule has 1 atom stereocenters. The Morgan fingerprint density at radius 3 is 2.72 bits per heavy atom. The lowest BCUT2D eigenvalue weighted by Crippen LogP contribution is -2.35. The maximum Gasteiger partial charge on any atom is 0.246 e. The fourth-order valence-electron chi connectivity index (χ4n) is 3.65. The number of hydrogen-bond acceptors (Lipinski definition) is 6. The molecule has 6 nitrogen and oxygen atoms in total. The van der Waals surface area contributed by atoms with Crippen LogP contribution >= 0.6 is 21.6 Å². The maximum atomic E-state index is 13.1. The van der Waals surface area contributed by atoms with Crippen LogP contribution in [0.4, 0.5) is 5.69 Å². The molecule has 3 rings (SSSR count). The third-order valence-corrected chi connectivity index (χ3v) is 10.2. The molecule has 0 saturated carbocycles. The summed E-state index contributed by atoms with van der Waals surface area (Å²) in [6, 6.07) is 4.83. The molecule has 2 fully saturated rings. The van der Waals surface area contributed by atoms with Gasteiger partial charge >= 0.3 is 0 Å². The highest BCUT2D eigenvalue weighted by atomic mass is 33.1. The zero-order valence-electron chi connectivity index (χ0n) is 16.9. The first-order chi connectivity index (χ1) is 14.0. The second kappa shape index (κ2) is 10.9. The number of methoxy groups -OCH3 is 1. The van der Waals surface area contributed by atoms with Crippen molar-refractivity contribution in [1.82, 2.24) is 4.31 Å². The fraction of sp³-hybridized carbons (Fsp3) is 0.650. The summed E-state index contributed by atoms with van der Waals surface area (Å²) in [6.45, 7) is 1.06. The second-order valence-electron chi connectivity index (χ2n) is 7.45. The summed E-state index contributed by atoms with van der Waals surface area (Å²) in [5, 5.41) is 3.58. The predicted octanol–water partition coefficient (Wildman–Crippen LogP) is 4.52. The Hall–Kier alpha value is -0.900. The first kappa shape index (κ1) is 22.8. The van der Waals surface area contributed by atoms with Crippen molar-refractivity contribution in [2.24, 2.45) is 0 Å². The Labute approximate surface area is 182 Å². The monoisotopic (exact) mass is 458 g/mol. The number of nitrogens with zero attached hydrogens (tertiary/aromatic N) is 1. The van der Waals surface area contributed by atoms with Crippen LogP contribution in [-0.4, -0.2) is 49.8 Å². The number of anilines is 1. The van der Waals surface area contributed by atoms with Gasteiger partial charge in [-0.05, 0) is 50.3 Å². The smallest absolute Gasteiger partial charge is 0.246 e. The molecule has 162 valence electrons. The van der Waals surface area contributed by atoms with E-state index in [2.05, 4.69) is 5.32 Å². The lowest BCUT2D eigenvalue weighted by molar-refractivity contribution is -0.116. The average Bonchev–Trinajstić information content (AvgIpc) is 3.25. The standard InChI is InChI=1S/C20H30N2O4S3/c1-26-18-10-9-16(15-19(18)29(24,25)22-12-5-2-6-13-22)21-20(23)8-4-3-7-17-11-14-27-28-17/h9-10,15,17H,2-8,11-14H2,1H3,(H,21,23). The summed E-state index contributed by atoms with van der Waals surface area (Å²) in [6.07, 6.45) is 7.56. The van der Waals surface area contributed by atoms with Crippen LogP contribution in [0.1, 0.15) is 51.4 Å². The van der Waals surface area contributed by atoms with Gasteiger partial charge in [-0.3, -0.25) is 4.79 Å². The van der Waals surface area contributed by atoms with Crippen molar-refractivity contribution in [3.05, 3.63) is 18.2 Å². The van der Waals surface area contributed by atoms with Crippen molar-refractivity contribution in [1.29, 1.82) is 0 Å². The molecule has 1 aromatic carbocycles. The van der Waals surface area contributed by atoms with E-state index in [1.165, 1.54) is 29.7 Å². The largest absolute Gasteiger partial charge is 0.495 e. The van der Waals surface area contributed by atoms with Gasteiger partial charge < -0.3 is 10.1 Å². The van der Waals surface area contributed by atoms with Crippen LogP contribution in [0, 0.1) is 0 Å². The zero-order chi connectivity index (χ0) is 20.7. The fourth-order valence-corrected chi connectivity index (χ4v) is 8.37. The molecular formula is C20H30N2O4S3. The number of amides is 1. The van der Waals surface area contributed by atoms with Gasteiger partial charge in [0.2, 0.25) is 15.9 Å². The lowest BCUT2D eigenvalue weighted by atomic mass is 10.1. The van der Waals surface area contributed by atoms with Crippen molar-refractivity contribution in [3.63, 3.8) is 0 Å². The number of nitrogens with one attached hydrogen (secondary N) is 1. The summed E-state index contributed by atoms with van der Waals surface area (Å²) in [5.74, 6) is 1.46. The summed E-state index contributed by atoms with van der Waals surface area (Å²) < 4.78 is 32.9. The van der Waals surface area contributed by atoms with Gasteiger partial charge in [-0.25, -0.2) is 8.42 Å². The molecule has 2 aliphatic heterocycles. The van der Waals surface area contributed by atoms with E-state index in [0.717, 1.165) is 43.8 Å². The van der Waals surface area contributed by atoms with Gasteiger partial charge in [-0.15, -0.1) is 0 Å². The number of carbonyl (C=O) groups excluding carboxylic acids is 1. The Kier molecular flexibility index (Phi) is 8.58. The number of sulfonamides is 1. The van der Waals surface area contributed by atoms with Gasteiger partial charge in [0.1, 0.15) is 10.6 Å². The minimum atomic E-state index is -3.64. The minimum Gasteiger partial charge on any atom is -0.495 e. The van der Waals surface area contributed by atoms with Crippen molar-refractivity contribution in [2.75, 3.05) is 31.3 Å². The molecule has 1 aromatic rings. The molecule has 0 aromatic heterocycles. The second-order valence-corrected chi connectivity index (χ2v) is 12.1. The molecule has 2 saturated heterocycles. The van der Waals surface area contributed by atoms with Crippen molar-refractivity contribution < 1.29 is 17.9 Å². The van der Waals surface area contributed by atoms with Crippen LogP contribution < -0.4 is 10.1 Å². The van der Waals surface area contributed by atoms with Crippen LogP contribution in [0.5, 0.6) is 5.75 Å². The Morgan fingerprint density at radius 1 is 1.24 bits per heavy atom. The first-order valence-corrected chi connectivity index (χ1v) is 14.1. The van der Waals surface area contributed by atoms with Crippen LogP contribution in [0.15, 0.2) is 23.1 Å². The van der Waals surface area contributed by atoms with E-state index >= 15 is 0 Å². The summed E-state index contributed by atoms with van der Waals surface area (Å²) >= 11 is 0. The van der Waals surface area contributed by atoms with Crippen LogP contribution in [0.3, 0.4) is 0 Å². The molecular weight excluding hydrogens is 428 g/mol. The lowest BCUT2D eigenvalue weighted by Gasteiger charge is -2.26. The highest BCUT2D eigenvalue weighted by Crippen LogP contribution is 2.40. The average molecular weight is 459 g/mol. The third kappa shape index (κ3) is 6.29.